The number of primary amides is 1. The highest BCUT2D eigenvalue weighted by Crippen LogP contribution is 2.03. The SMILES string of the molecule is CC(C)C(N)C(=O)O.CC(C)C(N)C(=O)O.CC(O)C(N)C(=O)O.CC(O)C(N)C(=O)O.NC(=O)CC(N)C(=O)O.NC(CO)C(=O)O.NC(CO)C(=O)O.NCC(=O)O.NCC(=O)O.O=C(O)[C@@H]1CCCN1. The molecule has 35 N–H and O–H groups in total. The van der Waals surface area contributed by atoms with Gasteiger partial charge in [-0.2, -0.15) is 0 Å². The number of carbonyl (C=O) groups excluding carboxylic acids is 1. The van der Waals surface area contributed by atoms with E-state index in [2.05, 4.69) is 22.5 Å². The van der Waals surface area contributed by atoms with Crippen molar-refractivity contribution in [3.05, 3.63) is 0 Å². The Bertz CT molecular complexity index is 1400. The summed E-state index contributed by atoms with van der Waals surface area (Å²) in [6.45, 7) is 9.06. The minimum absolute atomic E-state index is 0.0208. The lowest BCUT2D eigenvalue weighted by atomic mass is 10.1. The summed E-state index contributed by atoms with van der Waals surface area (Å²) in [5, 5.41) is 116. The van der Waals surface area contributed by atoms with Crippen LogP contribution in [0, 0.1) is 11.8 Å². The number of nitrogens with two attached hydrogens (primary N) is 10. The fourth-order valence-corrected chi connectivity index (χ4v) is 2.34. The summed E-state index contributed by atoms with van der Waals surface area (Å²) in [6, 6.07) is -7.42. The van der Waals surface area contributed by atoms with Gasteiger partial charge in [-0.15, -0.1) is 0 Å². The lowest BCUT2D eigenvalue weighted by molar-refractivity contribution is -0.141. The molecule has 0 aliphatic carbocycles. The normalized spacial score (nSPS) is 15.1. The first-order chi connectivity index (χ1) is 33.0. The predicted octanol–water partition coefficient (Wildman–Crippen LogP) is -9.40. The molecule has 0 aromatic rings. The second-order valence-corrected chi connectivity index (χ2v) is 14.5. The zero-order chi connectivity index (χ0) is 60.6. The second-order valence-electron chi connectivity index (χ2n) is 14.5. The van der Waals surface area contributed by atoms with E-state index in [-0.39, 0.29) is 37.4 Å². The van der Waals surface area contributed by atoms with E-state index in [1.165, 1.54) is 13.8 Å². The van der Waals surface area contributed by atoms with Crippen LogP contribution in [0.2, 0.25) is 0 Å². The first kappa shape index (κ1) is 86.4. The van der Waals surface area contributed by atoms with Gasteiger partial charge in [0.1, 0.15) is 48.3 Å². The van der Waals surface area contributed by atoms with Crippen LogP contribution in [0.3, 0.4) is 0 Å². The molecule has 0 radical (unpaired) electrons. The Morgan fingerprint density at radius 3 is 0.753 bits per heavy atom. The first-order valence-corrected chi connectivity index (χ1v) is 20.5. The van der Waals surface area contributed by atoms with Crippen molar-refractivity contribution in [3.63, 3.8) is 0 Å². The van der Waals surface area contributed by atoms with Crippen LogP contribution in [0.15, 0.2) is 0 Å². The number of carbonyl (C=O) groups is 11. The number of rotatable bonds is 18. The van der Waals surface area contributed by atoms with E-state index < -0.39 is 133 Å². The monoisotopic (exact) mass is 1080 g/mol. The maximum atomic E-state index is 10.1. The number of aliphatic hydroxyl groups is 4. The smallest absolute Gasteiger partial charge is 0.323 e. The maximum Gasteiger partial charge on any atom is 0.323 e. The topological polar surface area (TPSA) is 743 Å². The Kier molecular flexibility index (Phi) is 63.2. The molecule has 36 heteroatoms. The van der Waals surface area contributed by atoms with Crippen molar-refractivity contribution in [2.75, 3.05) is 32.8 Å². The highest BCUT2D eigenvalue weighted by Gasteiger charge is 2.21. The molecule has 1 rings (SSSR count). The third-order valence-electron chi connectivity index (χ3n) is 7.09. The molecule has 0 saturated carbocycles. The minimum Gasteiger partial charge on any atom is -0.480 e. The third-order valence-corrected chi connectivity index (χ3v) is 7.09. The van der Waals surface area contributed by atoms with Crippen LogP contribution in [0.25, 0.3) is 0 Å². The average molecular weight is 1080 g/mol. The Labute approximate surface area is 418 Å². The molecule has 1 fully saturated rings. The summed E-state index contributed by atoms with van der Waals surface area (Å²) < 4.78 is 0. The number of carboxylic acids is 10. The number of aliphatic carboxylic acids is 10. The molecule has 36 nitrogen and oxygen atoms in total. The summed E-state index contributed by atoms with van der Waals surface area (Å²) in [5.74, 6) is -11.1. The van der Waals surface area contributed by atoms with Gasteiger partial charge in [-0.3, -0.25) is 52.7 Å². The lowest BCUT2D eigenvalue weighted by Gasteiger charge is -2.07. The number of hydrogen-bond donors (Lipinski definition) is 25. The van der Waals surface area contributed by atoms with Crippen molar-refractivity contribution in [2.45, 2.75) is 121 Å². The van der Waals surface area contributed by atoms with Crippen molar-refractivity contribution in [3.8, 4) is 0 Å². The standard InChI is InChI=1S/C5H9NO2.2C5H11NO2.C4H8N2O3.2C4H9NO3.2C3H7NO3.2C2H5NO2/c7-5(8)4-2-1-3-6-4;2*1-3(2)4(6)5(7)8;5-2(4(8)9)1-3(6)7;2*1-2(6)3(5)4(7)8;2*4-2(1-5)3(6)7;2*3-1-2(4)5/h4,6H,1-3H2,(H,7,8);2*3-4H,6H2,1-2H3,(H,7,8);2H,1,5H2,(H2,6,7)(H,8,9);2*2-3,6H,5H2,1H3,(H,7,8);2*2,5H,1,4H2,(H,6,7);2*1,3H2,(H,4,5)/t4-;;;;;;;;;/m0........./s1. The molecule has 0 bridgehead atoms. The number of hydrogen-bond acceptors (Lipinski definition) is 25. The fourth-order valence-electron chi connectivity index (χ4n) is 2.34. The van der Waals surface area contributed by atoms with Crippen molar-refractivity contribution in [2.24, 2.45) is 69.2 Å². The van der Waals surface area contributed by atoms with Gasteiger partial charge in [0.15, 0.2) is 0 Å². The first-order valence-electron chi connectivity index (χ1n) is 20.5. The van der Waals surface area contributed by atoms with Crippen molar-refractivity contribution in [1.82, 2.24) is 5.32 Å². The van der Waals surface area contributed by atoms with Crippen LogP contribution in [-0.2, 0) is 52.7 Å². The van der Waals surface area contributed by atoms with Gasteiger partial charge in [0.25, 0.3) is 0 Å². The molecule has 0 spiro atoms. The van der Waals surface area contributed by atoms with Gasteiger partial charge in [-0.05, 0) is 45.1 Å². The van der Waals surface area contributed by atoms with Crippen LogP contribution in [0.5, 0.6) is 0 Å². The van der Waals surface area contributed by atoms with E-state index in [1.807, 2.05) is 0 Å². The van der Waals surface area contributed by atoms with Crippen molar-refractivity contribution < 1.29 is 124 Å². The second kappa shape index (κ2) is 53.4. The average Bonchev–Trinajstić information content (AvgIpc) is 3.84. The molecule has 1 aliphatic rings. The Morgan fingerprint density at radius 1 is 0.466 bits per heavy atom. The fraction of sp³-hybridized carbons (Fsp3) is 0.703. The van der Waals surface area contributed by atoms with Gasteiger partial charge >= 0.3 is 59.7 Å². The van der Waals surface area contributed by atoms with Crippen LogP contribution in [-0.4, -0.2) is 230 Å². The summed E-state index contributed by atoms with van der Waals surface area (Å²) in [7, 11) is 0. The molecule has 1 aliphatic heterocycles. The summed E-state index contributed by atoms with van der Waals surface area (Å²) in [4.78, 5) is 108. The van der Waals surface area contributed by atoms with Crippen molar-refractivity contribution in [1.29, 1.82) is 0 Å². The van der Waals surface area contributed by atoms with E-state index in [1.54, 1.807) is 27.7 Å². The molecule has 1 saturated heterocycles. The lowest BCUT2D eigenvalue weighted by Crippen LogP contribution is -2.39. The van der Waals surface area contributed by atoms with Gasteiger partial charge in [-0.1, -0.05) is 27.7 Å². The van der Waals surface area contributed by atoms with Crippen LogP contribution >= 0.6 is 0 Å². The zero-order valence-electron chi connectivity index (χ0n) is 41.1. The van der Waals surface area contributed by atoms with Gasteiger partial charge in [0.2, 0.25) is 5.91 Å². The predicted molar refractivity (Wildman–Crippen MR) is 252 cm³/mol. The van der Waals surface area contributed by atoms with E-state index in [0.717, 1.165) is 19.4 Å². The maximum absolute atomic E-state index is 10.1. The largest absolute Gasteiger partial charge is 0.480 e. The molecular formula is C37H81N11O25. The van der Waals surface area contributed by atoms with Crippen LogP contribution in [0.1, 0.15) is 60.8 Å². The van der Waals surface area contributed by atoms with Gasteiger partial charge in [0, 0.05) is 0 Å². The highest BCUT2D eigenvalue weighted by molar-refractivity contribution is 5.83. The van der Waals surface area contributed by atoms with Crippen molar-refractivity contribution >= 4 is 65.6 Å². The molecular weight excluding hydrogens is 998 g/mol. The van der Waals surface area contributed by atoms with E-state index in [9.17, 15) is 52.7 Å². The zero-order valence-corrected chi connectivity index (χ0v) is 41.1. The van der Waals surface area contributed by atoms with Gasteiger partial charge in [-0.25, -0.2) is 0 Å². The quantitative estimate of drug-likeness (QED) is 0.0606. The Balaban J connectivity index is -0.0000000894. The molecule has 1 amide bonds. The number of nitrogens with one attached hydrogen (secondary N) is 1. The molecule has 73 heavy (non-hydrogen) atoms. The number of amides is 1. The summed E-state index contributed by atoms with van der Waals surface area (Å²) >= 11 is 0. The van der Waals surface area contributed by atoms with Crippen LogP contribution < -0.4 is 62.7 Å². The summed E-state index contributed by atoms with van der Waals surface area (Å²) in [5.41, 5.74) is 48.4. The highest BCUT2D eigenvalue weighted by atomic mass is 16.4. The molecule has 0 aromatic heterocycles. The Hall–Kier alpha value is -6.39. The molecule has 1 heterocycles. The molecule has 9 unspecified atom stereocenters. The van der Waals surface area contributed by atoms with Gasteiger partial charge in [0.05, 0.1) is 44.9 Å². The van der Waals surface area contributed by atoms with E-state index in [4.69, 9.17) is 112 Å². The third kappa shape index (κ3) is 72.3. The molecule has 10 atom stereocenters. The number of aliphatic hydroxyl groups excluding tert-OH is 4. The number of carboxylic acid groups (broad SMARTS) is 10. The van der Waals surface area contributed by atoms with Gasteiger partial charge < -0.3 is 134 Å². The summed E-state index contributed by atoms with van der Waals surface area (Å²) in [6.07, 6.45) is -0.484. The molecule has 0 aromatic carbocycles. The minimum atomic E-state index is -1.21. The Morgan fingerprint density at radius 2 is 0.712 bits per heavy atom. The van der Waals surface area contributed by atoms with Crippen LogP contribution in [0.4, 0.5) is 0 Å². The molecule has 434 valence electrons. The van der Waals surface area contributed by atoms with E-state index in [0.29, 0.717) is 0 Å². The van der Waals surface area contributed by atoms with E-state index >= 15 is 0 Å².